The van der Waals surface area contributed by atoms with E-state index in [1.807, 2.05) is 0 Å². The van der Waals surface area contributed by atoms with Crippen LogP contribution >= 0.6 is 0 Å². The minimum Gasteiger partial charge on any atom is -0.330 e. The van der Waals surface area contributed by atoms with Crippen LogP contribution < -0.4 is 0 Å². The quantitative estimate of drug-likeness (QED) is 0.624. The number of Topliss-reactive ketones (excluding diaryl/α,β-unsaturated/α-hetero) is 1. The van der Waals surface area contributed by atoms with Gasteiger partial charge in [-0.05, 0) is 32.6 Å². The number of amides is 1. The summed E-state index contributed by atoms with van der Waals surface area (Å²) >= 11 is 0. The molecule has 0 atom stereocenters. The van der Waals surface area contributed by atoms with Gasteiger partial charge in [-0.25, -0.2) is 0 Å². The highest BCUT2D eigenvalue weighted by atomic mass is 16.2. The first-order valence-corrected chi connectivity index (χ1v) is 5.38. The van der Waals surface area contributed by atoms with Crippen LogP contribution in [0.1, 0.15) is 39.5 Å². The topological polar surface area (TPSA) is 37.4 Å². The Labute approximate surface area is 84.5 Å². The third-order valence-corrected chi connectivity index (χ3v) is 3.85. The van der Waals surface area contributed by atoms with E-state index in [9.17, 15) is 9.59 Å². The number of nitrogens with zero attached hydrogens (tertiary/aromatic N) is 1. The maximum absolute atomic E-state index is 11.6. The average molecular weight is 195 g/mol. The summed E-state index contributed by atoms with van der Waals surface area (Å²) in [5.74, 6) is 0.122. The molecule has 1 aliphatic carbocycles. The molecule has 1 heterocycles. The summed E-state index contributed by atoms with van der Waals surface area (Å²) in [6.45, 7) is 4.81. The lowest BCUT2D eigenvalue weighted by atomic mass is 9.72. The summed E-state index contributed by atoms with van der Waals surface area (Å²) in [6.07, 6.45) is 4.08. The zero-order valence-electron chi connectivity index (χ0n) is 8.88. The van der Waals surface area contributed by atoms with Crippen LogP contribution in [0.15, 0.2) is 0 Å². The number of ketones is 1. The molecular weight excluding hydrogens is 178 g/mol. The predicted octanol–water partition coefficient (Wildman–Crippen LogP) is 1.37. The zero-order valence-corrected chi connectivity index (χ0v) is 8.88. The normalized spacial score (nSPS) is 24.3. The number of carbonyl (C=O) groups is 2. The van der Waals surface area contributed by atoms with Gasteiger partial charge in [0, 0.05) is 18.5 Å². The van der Waals surface area contributed by atoms with Gasteiger partial charge in [-0.2, -0.15) is 0 Å². The Morgan fingerprint density at radius 3 is 2.29 bits per heavy atom. The van der Waals surface area contributed by atoms with Gasteiger partial charge in [0.2, 0.25) is 5.78 Å². The number of hydrogen-bond donors (Lipinski definition) is 0. The summed E-state index contributed by atoms with van der Waals surface area (Å²) in [5, 5.41) is 0. The molecule has 2 fully saturated rings. The van der Waals surface area contributed by atoms with Crippen molar-refractivity contribution in [3.63, 3.8) is 0 Å². The van der Waals surface area contributed by atoms with Crippen molar-refractivity contribution >= 4 is 11.7 Å². The molecule has 0 aromatic heterocycles. The van der Waals surface area contributed by atoms with Crippen LogP contribution in [0.4, 0.5) is 0 Å². The minimum atomic E-state index is -0.262. The lowest BCUT2D eigenvalue weighted by Crippen LogP contribution is -2.52. The van der Waals surface area contributed by atoms with Gasteiger partial charge >= 0.3 is 0 Å². The van der Waals surface area contributed by atoms with E-state index in [-0.39, 0.29) is 17.2 Å². The number of likely N-dealkylation sites (tertiary alicyclic amines) is 1. The fourth-order valence-electron chi connectivity index (χ4n) is 2.46. The molecule has 0 N–H and O–H groups in total. The van der Waals surface area contributed by atoms with Gasteiger partial charge in [0.25, 0.3) is 5.91 Å². The summed E-state index contributed by atoms with van der Waals surface area (Å²) in [4.78, 5) is 24.5. The van der Waals surface area contributed by atoms with E-state index < -0.39 is 0 Å². The Morgan fingerprint density at radius 2 is 1.93 bits per heavy atom. The molecule has 14 heavy (non-hydrogen) atoms. The number of rotatable bonds is 2. The highest BCUT2D eigenvalue weighted by molar-refractivity contribution is 6.38. The van der Waals surface area contributed by atoms with Gasteiger partial charge in [0.15, 0.2) is 0 Å². The molecule has 3 nitrogen and oxygen atoms in total. The van der Waals surface area contributed by atoms with Crippen LogP contribution in [-0.4, -0.2) is 28.7 Å². The van der Waals surface area contributed by atoms with Crippen LogP contribution in [0.3, 0.4) is 0 Å². The number of carbonyl (C=O) groups excluding carboxylic acids is 2. The first kappa shape index (κ1) is 9.69. The van der Waals surface area contributed by atoms with Gasteiger partial charge in [0.1, 0.15) is 0 Å². The molecule has 0 bridgehead atoms. The van der Waals surface area contributed by atoms with E-state index in [0.29, 0.717) is 18.9 Å². The van der Waals surface area contributed by atoms with Crippen LogP contribution in [0, 0.1) is 5.92 Å². The van der Waals surface area contributed by atoms with Crippen molar-refractivity contribution in [2.75, 3.05) is 6.54 Å². The molecule has 3 heteroatoms. The highest BCUT2D eigenvalue weighted by Crippen LogP contribution is 2.40. The van der Waals surface area contributed by atoms with Gasteiger partial charge in [-0.1, -0.05) is 6.42 Å². The van der Waals surface area contributed by atoms with Gasteiger partial charge in [0.05, 0.1) is 0 Å². The molecule has 0 unspecified atom stereocenters. The molecule has 1 amide bonds. The molecule has 0 spiro atoms. The van der Waals surface area contributed by atoms with Gasteiger partial charge < -0.3 is 4.90 Å². The van der Waals surface area contributed by atoms with E-state index in [0.717, 1.165) is 0 Å². The highest BCUT2D eigenvalue weighted by Gasteiger charge is 2.45. The Bertz CT molecular complexity index is 279. The average Bonchev–Trinajstić information content (AvgIpc) is 2.28. The van der Waals surface area contributed by atoms with Crippen molar-refractivity contribution in [3.05, 3.63) is 0 Å². The summed E-state index contributed by atoms with van der Waals surface area (Å²) < 4.78 is 0. The van der Waals surface area contributed by atoms with Gasteiger partial charge in [-0.3, -0.25) is 9.59 Å². The summed E-state index contributed by atoms with van der Waals surface area (Å²) in [6, 6.07) is 0. The molecule has 2 aliphatic rings. The Kier molecular flexibility index (Phi) is 2.13. The van der Waals surface area contributed by atoms with E-state index in [2.05, 4.69) is 13.8 Å². The van der Waals surface area contributed by atoms with E-state index in [4.69, 9.17) is 0 Å². The Hall–Kier alpha value is -0.860. The zero-order chi connectivity index (χ0) is 10.3. The Morgan fingerprint density at radius 1 is 1.29 bits per heavy atom. The molecule has 78 valence electrons. The second-order valence-corrected chi connectivity index (χ2v) is 4.91. The third-order valence-electron chi connectivity index (χ3n) is 3.85. The molecule has 1 saturated heterocycles. The first-order chi connectivity index (χ1) is 6.53. The van der Waals surface area contributed by atoms with Crippen molar-refractivity contribution < 1.29 is 9.59 Å². The maximum atomic E-state index is 11.6. The van der Waals surface area contributed by atoms with Crippen LogP contribution in [0.25, 0.3) is 0 Å². The van der Waals surface area contributed by atoms with E-state index in [1.54, 1.807) is 4.90 Å². The summed E-state index contributed by atoms with van der Waals surface area (Å²) in [5.41, 5.74) is -0.110. The van der Waals surface area contributed by atoms with Crippen molar-refractivity contribution in [3.8, 4) is 0 Å². The van der Waals surface area contributed by atoms with Crippen LogP contribution in [0.5, 0.6) is 0 Å². The SMILES string of the molecule is CC(C)(C1CCC1)N1CCC(=O)C1=O. The third kappa shape index (κ3) is 1.26. The minimum absolute atomic E-state index is 0.110. The van der Waals surface area contributed by atoms with Crippen molar-refractivity contribution in [1.29, 1.82) is 0 Å². The molecule has 1 saturated carbocycles. The fraction of sp³-hybridized carbons (Fsp3) is 0.818. The monoisotopic (exact) mass is 195 g/mol. The Balaban J connectivity index is 2.13. The lowest BCUT2D eigenvalue weighted by Gasteiger charge is -2.46. The first-order valence-electron chi connectivity index (χ1n) is 5.38. The van der Waals surface area contributed by atoms with E-state index in [1.165, 1.54) is 19.3 Å². The standard InChI is InChI=1S/C11H17NO2/c1-11(2,8-4-3-5-8)12-7-6-9(13)10(12)14/h8H,3-7H2,1-2H3. The maximum Gasteiger partial charge on any atom is 0.290 e. The molecule has 2 rings (SSSR count). The molecular formula is C11H17NO2. The van der Waals surface area contributed by atoms with Crippen molar-refractivity contribution in [2.45, 2.75) is 45.1 Å². The second kappa shape index (κ2) is 3.07. The van der Waals surface area contributed by atoms with Crippen LogP contribution in [0.2, 0.25) is 0 Å². The smallest absolute Gasteiger partial charge is 0.290 e. The molecule has 1 aliphatic heterocycles. The largest absolute Gasteiger partial charge is 0.330 e. The molecule has 0 aromatic carbocycles. The van der Waals surface area contributed by atoms with Crippen molar-refractivity contribution in [2.24, 2.45) is 5.92 Å². The van der Waals surface area contributed by atoms with Gasteiger partial charge in [-0.15, -0.1) is 0 Å². The lowest BCUT2D eigenvalue weighted by molar-refractivity contribution is -0.144. The van der Waals surface area contributed by atoms with E-state index >= 15 is 0 Å². The van der Waals surface area contributed by atoms with Crippen LogP contribution in [-0.2, 0) is 9.59 Å². The molecule has 0 radical (unpaired) electrons. The summed E-state index contributed by atoms with van der Waals surface area (Å²) in [7, 11) is 0. The molecule has 0 aromatic rings. The number of hydrogen-bond acceptors (Lipinski definition) is 2. The predicted molar refractivity (Wildman–Crippen MR) is 52.8 cm³/mol. The fourth-order valence-corrected chi connectivity index (χ4v) is 2.46. The van der Waals surface area contributed by atoms with Crippen molar-refractivity contribution in [1.82, 2.24) is 4.90 Å². The second-order valence-electron chi connectivity index (χ2n) is 4.91.